The zero-order valence-electron chi connectivity index (χ0n) is 11.5. The Labute approximate surface area is 104 Å². The maximum atomic E-state index is 11.9. The normalized spacial score (nSPS) is 19.8. The van der Waals surface area contributed by atoms with Crippen LogP contribution in [0.2, 0.25) is 0 Å². The molecule has 0 aromatic rings. The molecule has 0 aromatic carbocycles. The van der Waals surface area contributed by atoms with Gasteiger partial charge in [0, 0.05) is 24.1 Å². The molecule has 1 atom stereocenters. The Balaban J connectivity index is 2.32. The number of carbonyl (C=O) groups excluding carboxylic acids is 1. The smallest absolute Gasteiger partial charge is 0.237 e. The quantitative estimate of drug-likeness (QED) is 0.625. The summed E-state index contributed by atoms with van der Waals surface area (Å²) in [4.78, 5) is 11.9. The van der Waals surface area contributed by atoms with Gasteiger partial charge in [0.1, 0.15) is 0 Å². The van der Waals surface area contributed by atoms with Crippen molar-refractivity contribution in [1.82, 2.24) is 10.6 Å². The molecule has 1 aliphatic carbocycles. The van der Waals surface area contributed by atoms with Crippen molar-refractivity contribution in [2.75, 3.05) is 13.2 Å². The van der Waals surface area contributed by atoms with Gasteiger partial charge < -0.3 is 15.7 Å². The zero-order valence-corrected chi connectivity index (χ0v) is 11.5. The number of hydrogen-bond acceptors (Lipinski definition) is 3. The van der Waals surface area contributed by atoms with E-state index in [-0.39, 0.29) is 29.5 Å². The molecule has 3 N–H and O–H groups in total. The third-order valence-corrected chi connectivity index (χ3v) is 3.81. The van der Waals surface area contributed by atoms with Gasteiger partial charge in [-0.25, -0.2) is 0 Å². The molecular weight excluding hydrogens is 216 g/mol. The molecule has 100 valence electrons. The van der Waals surface area contributed by atoms with Crippen LogP contribution in [0.25, 0.3) is 0 Å². The summed E-state index contributed by atoms with van der Waals surface area (Å²) < 4.78 is 0. The summed E-state index contributed by atoms with van der Waals surface area (Å²) in [7, 11) is 0. The molecule has 0 radical (unpaired) electrons. The summed E-state index contributed by atoms with van der Waals surface area (Å²) in [6.45, 7) is 8.92. The van der Waals surface area contributed by atoms with Gasteiger partial charge in [0.15, 0.2) is 0 Å². The lowest BCUT2D eigenvalue weighted by atomic mass is 10.0. The molecular formula is C13H26N2O2. The maximum Gasteiger partial charge on any atom is 0.237 e. The molecule has 17 heavy (non-hydrogen) atoms. The minimum atomic E-state index is -0.204. The summed E-state index contributed by atoms with van der Waals surface area (Å²) in [5.41, 5.74) is -0.101. The Morgan fingerprint density at radius 2 is 2.06 bits per heavy atom. The standard InChI is InChI=1S/C13H26N2O2/c1-5-12(3,4)15-11(17)10(2)14-8-13(9-16)6-7-13/h10,14,16H,5-9H2,1-4H3,(H,15,17). The summed E-state index contributed by atoms with van der Waals surface area (Å²) >= 11 is 0. The van der Waals surface area contributed by atoms with Crippen LogP contribution in [0.5, 0.6) is 0 Å². The SMILES string of the molecule is CCC(C)(C)NC(=O)C(C)NCC1(CO)CC1. The second-order valence-electron chi connectivity index (χ2n) is 5.99. The third-order valence-electron chi connectivity index (χ3n) is 3.81. The molecule has 0 aromatic heterocycles. The molecule has 4 nitrogen and oxygen atoms in total. The summed E-state index contributed by atoms with van der Waals surface area (Å²) in [6, 6.07) is -0.204. The number of nitrogens with one attached hydrogen (secondary N) is 2. The highest BCUT2D eigenvalue weighted by atomic mass is 16.3. The fraction of sp³-hybridized carbons (Fsp3) is 0.923. The fourth-order valence-corrected chi connectivity index (χ4v) is 1.56. The molecule has 0 aliphatic heterocycles. The van der Waals surface area contributed by atoms with Crippen LogP contribution < -0.4 is 10.6 Å². The van der Waals surface area contributed by atoms with E-state index in [2.05, 4.69) is 17.6 Å². The minimum absolute atomic E-state index is 0.0330. The van der Waals surface area contributed by atoms with Crippen LogP contribution in [-0.4, -0.2) is 35.7 Å². The number of aliphatic hydroxyl groups excluding tert-OH is 1. The summed E-state index contributed by atoms with van der Waals surface area (Å²) in [5.74, 6) is 0.0330. The molecule has 4 heteroatoms. The number of aliphatic hydroxyl groups is 1. The van der Waals surface area contributed by atoms with E-state index in [9.17, 15) is 9.90 Å². The highest BCUT2D eigenvalue weighted by Gasteiger charge is 2.42. The monoisotopic (exact) mass is 242 g/mol. The van der Waals surface area contributed by atoms with Gasteiger partial charge in [-0.2, -0.15) is 0 Å². The van der Waals surface area contributed by atoms with Gasteiger partial charge in [-0.3, -0.25) is 4.79 Å². The predicted molar refractivity (Wildman–Crippen MR) is 68.7 cm³/mol. The van der Waals surface area contributed by atoms with Crippen molar-refractivity contribution < 1.29 is 9.90 Å². The Kier molecular flexibility index (Phi) is 4.55. The molecule has 1 amide bonds. The van der Waals surface area contributed by atoms with E-state index in [1.807, 2.05) is 20.8 Å². The van der Waals surface area contributed by atoms with E-state index in [1.165, 1.54) is 0 Å². The minimum Gasteiger partial charge on any atom is -0.396 e. The molecule has 1 fully saturated rings. The van der Waals surface area contributed by atoms with Crippen LogP contribution >= 0.6 is 0 Å². The molecule has 1 unspecified atom stereocenters. The number of hydrogen-bond donors (Lipinski definition) is 3. The first-order chi connectivity index (χ1) is 7.84. The Bertz CT molecular complexity index is 273. The Morgan fingerprint density at radius 3 is 2.47 bits per heavy atom. The van der Waals surface area contributed by atoms with Crippen molar-refractivity contribution in [3.63, 3.8) is 0 Å². The van der Waals surface area contributed by atoms with Crippen LogP contribution in [0.1, 0.15) is 47.0 Å². The van der Waals surface area contributed by atoms with E-state index in [4.69, 9.17) is 0 Å². The van der Waals surface area contributed by atoms with Gasteiger partial charge in [0.05, 0.1) is 6.04 Å². The molecule has 1 saturated carbocycles. The first-order valence-electron chi connectivity index (χ1n) is 6.50. The lowest BCUT2D eigenvalue weighted by molar-refractivity contribution is -0.124. The lowest BCUT2D eigenvalue weighted by Crippen LogP contribution is -2.51. The number of amides is 1. The van der Waals surface area contributed by atoms with Crippen LogP contribution in [0.4, 0.5) is 0 Å². The van der Waals surface area contributed by atoms with Crippen LogP contribution in [-0.2, 0) is 4.79 Å². The Hall–Kier alpha value is -0.610. The van der Waals surface area contributed by atoms with Gasteiger partial charge in [0.25, 0.3) is 0 Å². The van der Waals surface area contributed by atoms with Crippen molar-refractivity contribution in [3.05, 3.63) is 0 Å². The highest BCUT2D eigenvalue weighted by Crippen LogP contribution is 2.44. The third kappa shape index (κ3) is 4.28. The average Bonchev–Trinajstić information content (AvgIpc) is 3.06. The molecule has 0 spiro atoms. The number of rotatable bonds is 7. The number of carbonyl (C=O) groups is 1. The maximum absolute atomic E-state index is 11.9. The first-order valence-corrected chi connectivity index (χ1v) is 6.50. The second kappa shape index (κ2) is 5.36. The van der Waals surface area contributed by atoms with Crippen LogP contribution in [0.3, 0.4) is 0 Å². The summed E-state index contributed by atoms with van der Waals surface area (Å²) in [5, 5.41) is 15.4. The molecule has 0 saturated heterocycles. The van der Waals surface area contributed by atoms with Gasteiger partial charge in [0.2, 0.25) is 5.91 Å². The van der Waals surface area contributed by atoms with E-state index in [0.29, 0.717) is 0 Å². The molecule has 1 rings (SSSR count). The van der Waals surface area contributed by atoms with Crippen LogP contribution in [0, 0.1) is 5.41 Å². The van der Waals surface area contributed by atoms with Crippen molar-refractivity contribution in [3.8, 4) is 0 Å². The topological polar surface area (TPSA) is 61.4 Å². The van der Waals surface area contributed by atoms with Gasteiger partial charge >= 0.3 is 0 Å². The second-order valence-corrected chi connectivity index (χ2v) is 5.99. The van der Waals surface area contributed by atoms with E-state index in [1.54, 1.807) is 0 Å². The van der Waals surface area contributed by atoms with E-state index < -0.39 is 0 Å². The summed E-state index contributed by atoms with van der Waals surface area (Å²) in [6.07, 6.45) is 3.03. The molecule has 1 aliphatic rings. The first kappa shape index (κ1) is 14.5. The average molecular weight is 242 g/mol. The largest absolute Gasteiger partial charge is 0.396 e. The molecule has 0 bridgehead atoms. The van der Waals surface area contributed by atoms with Gasteiger partial charge in [-0.15, -0.1) is 0 Å². The van der Waals surface area contributed by atoms with Gasteiger partial charge in [-0.1, -0.05) is 6.92 Å². The van der Waals surface area contributed by atoms with Crippen molar-refractivity contribution >= 4 is 5.91 Å². The highest BCUT2D eigenvalue weighted by molar-refractivity contribution is 5.81. The van der Waals surface area contributed by atoms with Crippen molar-refractivity contribution in [1.29, 1.82) is 0 Å². The molecule has 0 heterocycles. The van der Waals surface area contributed by atoms with Crippen molar-refractivity contribution in [2.45, 2.75) is 58.5 Å². The van der Waals surface area contributed by atoms with E-state index in [0.717, 1.165) is 25.8 Å². The van der Waals surface area contributed by atoms with Crippen LogP contribution in [0.15, 0.2) is 0 Å². The van der Waals surface area contributed by atoms with Crippen molar-refractivity contribution in [2.24, 2.45) is 5.41 Å². The zero-order chi connectivity index (χ0) is 13.1. The van der Waals surface area contributed by atoms with E-state index >= 15 is 0 Å². The predicted octanol–water partition coefficient (Wildman–Crippen LogP) is 1.04. The fourth-order valence-electron chi connectivity index (χ4n) is 1.56. The lowest BCUT2D eigenvalue weighted by Gasteiger charge is -2.27. The van der Waals surface area contributed by atoms with Gasteiger partial charge in [-0.05, 0) is 40.0 Å². The Morgan fingerprint density at radius 1 is 1.47 bits per heavy atom.